The highest BCUT2D eigenvalue weighted by molar-refractivity contribution is 5.96. The minimum absolute atomic E-state index is 0.125. The highest BCUT2D eigenvalue weighted by Crippen LogP contribution is 2.34. The van der Waals surface area contributed by atoms with Crippen molar-refractivity contribution in [2.75, 3.05) is 94.9 Å². The summed E-state index contributed by atoms with van der Waals surface area (Å²) in [5, 5.41) is 99.2. The van der Waals surface area contributed by atoms with E-state index in [-0.39, 0.29) is 34.3 Å². The number of benzene rings is 3. The van der Waals surface area contributed by atoms with Crippen LogP contribution in [0.1, 0.15) is 46.2 Å². The van der Waals surface area contributed by atoms with E-state index in [2.05, 4.69) is 30.7 Å². The van der Waals surface area contributed by atoms with E-state index in [9.17, 15) is 60.3 Å². The fraction of sp³-hybridized carbons (Fsp3) is 0.523. The molecule has 4 rings (SSSR count). The summed E-state index contributed by atoms with van der Waals surface area (Å²) < 4.78 is 0. The molecule has 1 saturated heterocycles. The summed E-state index contributed by atoms with van der Waals surface area (Å²) in [6.45, 7) is 6.45. The molecule has 1 heterocycles. The van der Waals surface area contributed by atoms with Crippen molar-refractivity contribution in [3.05, 3.63) is 69.8 Å². The molecule has 0 atom stereocenters. The first kappa shape index (κ1) is 49.8. The van der Waals surface area contributed by atoms with Crippen molar-refractivity contribution in [2.45, 2.75) is 53.2 Å². The van der Waals surface area contributed by atoms with Gasteiger partial charge in [0.1, 0.15) is 17.2 Å². The number of anilines is 3. The van der Waals surface area contributed by atoms with E-state index in [0.29, 0.717) is 88.4 Å². The molecule has 1 fully saturated rings. The van der Waals surface area contributed by atoms with Crippen molar-refractivity contribution in [3.8, 4) is 17.2 Å². The number of amides is 3. The number of nitrogens with one attached hydrogen (secondary N) is 3. The number of nitrogens with zero attached hydrogens (tertiary/aromatic N) is 3. The fourth-order valence-electron chi connectivity index (χ4n) is 7.44. The molecule has 1 aliphatic rings. The van der Waals surface area contributed by atoms with Gasteiger partial charge in [-0.05, 0) is 94.7 Å². The molecule has 3 amide bonds. The fourth-order valence-corrected chi connectivity index (χ4v) is 7.44. The first-order valence-electron chi connectivity index (χ1n) is 20.9. The molecular weight excluding hydrogens is 805 g/mol. The molecule has 0 bridgehead atoms. The molecule has 0 spiro atoms. The topological polar surface area (TPSA) is 279 Å². The number of phenols is 3. The van der Waals surface area contributed by atoms with E-state index in [0.717, 1.165) is 16.7 Å². The van der Waals surface area contributed by atoms with Crippen LogP contribution in [0.25, 0.3) is 0 Å². The predicted octanol–water partition coefficient (Wildman–Crippen LogP) is 0.947. The first-order valence-corrected chi connectivity index (χ1v) is 20.9. The average molecular weight is 869 g/mol. The summed E-state index contributed by atoms with van der Waals surface area (Å²) in [5.41, 5.74) is 4.45. The van der Waals surface area contributed by atoms with Gasteiger partial charge in [-0.3, -0.25) is 29.1 Å². The molecule has 1 aliphatic heterocycles. The van der Waals surface area contributed by atoms with Gasteiger partial charge in [-0.15, -0.1) is 0 Å². The number of phenolic OH excluding ortho intramolecular Hbond substituents is 3. The summed E-state index contributed by atoms with van der Waals surface area (Å²) in [4.78, 5) is 44.7. The van der Waals surface area contributed by atoms with Gasteiger partial charge in [0.25, 0.3) is 0 Å². The Hall–Kier alpha value is -4.89. The van der Waals surface area contributed by atoms with Crippen LogP contribution in [0.2, 0.25) is 0 Å². The van der Waals surface area contributed by atoms with Gasteiger partial charge in [0.15, 0.2) is 0 Å². The molecule has 3 aromatic rings. The number of rotatable bonds is 18. The second kappa shape index (κ2) is 24.1. The largest absolute Gasteiger partial charge is 0.505 e. The normalized spacial score (nSPS) is 14.9. The van der Waals surface area contributed by atoms with Crippen LogP contribution in [0.3, 0.4) is 0 Å². The van der Waals surface area contributed by atoms with Crippen LogP contribution in [0.15, 0.2) is 36.4 Å². The zero-order chi connectivity index (χ0) is 45.5. The van der Waals surface area contributed by atoms with Crippen LogP contribution in [0.4, 0.5) is 17.1 Å². The van der Waals surface area contributed by atoms with E-state index in [1.807, 2.05) is 39.0 Å². The van der Waals surface area contributed by atoms with Crippen LogP contribution in [-0.2, 0) is 34.0 Å². The lowest BCUT2D eigenvalue weighted by molar-refractivity contribution is -0.123. The van der Waals surface area contributed by atoms with Crippen LogP contribution < -0.4 is 16.0 Å². The van der Waals surface area contributed by atoms with E-state index in [1.165, 1.54) is 0 Å². The first-order chi connectivity index (χ1) is 29.6. The molecular formula is C44H64N6O12. The van der Waals surface area contributed by atoms with Crippen molar-refractivity contribution in [3.63, 3.8) is 0 Å². The Balaban J connectivity index is 1.64. The lowest BCUT2D eigenvalue weighted by Crippen LogP contribution is -2.36. The van der Waals surface area contributed by atoms with Crippen molar-refractivity contribution < 1.29 is 60.3 Å². The molecule has 18 nitrogen and oxygen atoms in total. The molecule has 0 unspecified atom stereocenters. The SMILES string of the molecule is Cc1cc(CN2CCCN(Cc3cc(C)cc(NC(=O)C(CO)CO)c3O)CCN(Cc3cc(C)cc(NC(=O)C(CO)CO)c3O)CCC2)c(O)c(NC(=O)C(CO)CO)c1. The second-order valence-electron chi connectivity index (χ2n) is 16.2. The Morgan fingerprint density at radius 3 is 0.935 bits per heavy atom. The van der Waals surface area contributed by atoms with E-state index < -0.39 is 75.1 Å². The Bertz CT molecular complexity index is 1870. The summed E-state index contributed by atoms with van der Waals surface area (Å²) >= 11 is 0. The maximum absolute atomic E-state index is 12.7. The molecule has 0 aromatic heterocycles. The monoisotopic (exact) mass is 868 g/mol. The number of hydrogen-bond acceptors (Lipinski definition) is 15. The quantitative estimate of drug-likeness (QED) is 0.0794. The number of aromatic hydroxyl groups is 3. The van der Waals surface area contributed by atoms with Gasteiger partial charge < -0.3 is 61.9 Å². The molecule has 3 aromatic carbocycles. The van der Waals surface area contributed by atoms with Crippen molar-refractivity contribution in [1.82, 2.24) is 14.7 Å². The second-order valence-corrected chi connectivity index (χ2v) is 16.2. The van der Waals surface area contributed by atoms with Gasteiger partial charge in [0, 0.05) is 49.4 Å². The summed E-state index contributed by atoms with van der Waals surface area (Å²) in [6, 6.07) is 10.3. The molecule has 0 aliphatic carbocycles. The van der Waals surface area contributed by atoms with Crippen molar-refractivity contribution in [1.29, 1.82) is 0 Å². The van der Waals surface area contributed by atoms with Crippen molar-refractivity contribution in [2.24, 2.45) is 17.8 Å². The van der Waals surface area contributed by atoms with Crippen LogP contribution in [0, 0.1) is 38.5 Å². The van der Waals surface area contributed by atoms with E-state index >= 15 is 0 Å². The number of hydrogen-bond donors (Lipinski definition) is 12. The number of carbonyl (C=O) groups excluding carboxylic acids is 3. The lowest BCUT2D eigenvalue weighted by Gasteiger charge is -2.28. The van der Waals surface area contributed by atoms with Gasteiger partial charge in [-0.25, -0.2) is 0 Å². The molecule has 12 N–H and O–H groups in total. The summed E-state index contributed by atoms with van der Waals surface area (Å²) in [5.74, 6) is -5.48. The summed E-state index contributed by atoms with van der Waals surface area (Å²) in [7, 11) is 0. The van der Waals surface area contributed by atoms with Gasteiger partial charge in [-0.2, -0.15) is 0 Å². The molecule has 62 heavy (non-hydrogen) atoms. The van der Waals surface area contributed by atoms with Gasteiger partial charge in [0.05, 0.1) is 74.5 Å². The van der Waals surface area contributed by atoms with Crippen LogP contribution in [0.5, 0.6) is 17.2 Å². The highest BCUT2D eigenvalue weighted by Gasteiger charge is 2.24. The number of aryl methyl sites for hydroxylation is 3. The van der Waals surface area contributed by atoms with E-state index in [1.54, 1.807) is 18.2 Å². The smallest absolute Gasteiger partial charge is 0.232 e. The van der Waals surface area contributed by atoms with Crippen LogP contribution >= 0.6 is 0 Å². The van der Waals surface area contributed by atoms with Gasteiger partial charge >= 0.3 is 0 Å². The predicted molar refractivity (Wildman–Crippen MR) is 232 cm³/mol. The average Bonchev–Trinajstić information content (AvgIpc) is 3.26. The van der Waals surface area contributed by atoms with E-state index in [4.69, 9.17) is 0 Å². The third-order valence-corrected chi connectivity index (χ3v) is 11.0. The maximum Gasteiger partial charge on any atom is 0.232 e. The molecule has 0 saturated carbocycles. The molecule has 18 heteroatoms. The van der Waals surface area contributed by atoms with Crippen LogP contribution in [-0.4, -0.2) is 157 Å². The number of aliphatic hydroxyl groups excluding tert-OH is 6. The Labute approximate surface area is 362 Å². The highest BCUT2D eigenvalue weighted by atomic mass is 16.3. The number of aliphatic hydroxyl groups is 6. The Kier molecular flexibility index (Phi) is 19.3. The van der Waals surface area contributed by atoms with Gasteiger partial charge in [-0.1, -0.05) is 18.2 Å². The summed E-state index contributed by atoms with van der Waals surface area (Å²) in [6.07, 6.45) is 1.36. The molecule has 0 radical (unpaired) electrons. The molecule has 342 valence electrons. The number of carbonyl (C=O) groups is 3. The lowest BCUT2D eigenvalue weighted by atomic mass is 10.1. The maximum atomic E-state index is 12.7. The Morgan fingerprint density at radius 2 is 0.694 bits per heavy atom. The standard InChI is InChI=1S/C44H64N6O12/c1-27-12-30(39(57)36(15-27)45-42(60)33(21-51)22-52)18-48-6-4-8-49(19-31-13-28(2)16-37(40(31)58)46-43(61)34(23-53)24-54)10-11-50(9-5-7-48)20-32-14-29(3)17-38(41(32)59)47-44(62)35(25-55)26-56/h12-17,33-35,51-59H,4-11,18-26H2,1-3H3,(H,45,60)(H,46,61)(H,47,62). The Morgan fingerprint density at radius 1 is 0.452 bits per heavy atom. The third kappa shape index (κ3) is 13.8. The minimum atomic E-state index is -1.06. The zero-order valence-corrected chi connectivity index (χ0v) is 35.8. The zero-order valence-electron chi connectivity index (χ0n) is 35.8. The minimum Gasteiger partial charge on any atom is -0.505 e. The van der Waals surface area contributed by atoms with Crippen molar-refractivity contribution >= 4 is 34.8 Å². The van der Waals surface area contributed by atoms with Gasteiger partial charge in [0.2, 0.25) is 17.7 Å². The third-order valence-electron chi connectivity index (χ3n) is 11.0.